The fourth-order valence-corrected chi connectivity index (χ4v) is 5.50. The van der Waals surface area contributed by atoms with Crippen LogP contribution in [0, 0.1) is 29.0 Å². The Morgan fingerprint density at radius 2 is 1.74 bits per heavy atom. The van der Waals surface area contributed by atoms with Gasteiger partial charge in [0, 0.05) is 18.0 Å². The van der Waals surface area contributed by atoms with Gasteiger partial charge in [0.15, 0.2) is 0 Å². The molecule has 226 valence electrons. The lowest BCUT2D eigenvalue weighted by Gasteiger charge is -2.30. The van der Waals surface area contributed by atoms with Gasteiger partial charge in [-0.25, -0.2) is 9.18 Å². The number of halogens is 1. The van der Waals surface area contributed by atoms with Gasteiger partial charge in [-0.3, -0.25) is 4.79 Å². The molecule has 0 saturated heterocycles. The smallest absolute Gasteiger partial charge is 0.407 e. The van der Waals surface area contributed by atoms with Crippen LogP contribution in [0.4, 0.5) is 9.18 Å². The Morgan fingerprint density at radius 3 is 2.37 bits per heavy atom. The molecule has 2 amide bonds. The molecule has 1 aliphatic rings. The predicted octanol–water partition coefficient (Wildman–Crippen LogP) is 7.10. The number of amides is 2. The molecule has 8 heteroatoms. The first-order valence-corrected chi connectivity index (χ1v) is 14.8. The van der Waals surface area contributed by atoms with E-state index in [1.807, 2.05) is 75.4 Å². The molecule has 0 radical (unpaired) electrons. The molecular weight excluding hydrogens is 545 g/mol. The number of carbonyl (C=O) groups excluding carboxylic acids is 2. The molecule has 4 rings (SSSR count). The van der Waals surface area contributed by atoms with Crippen LogP contribution in [0.15, 0.2) is 66.7 Å². The van der Waals surface area contributed by atoms with Crippen molar-refractivity contribution < 1.29 is 23.5 Å². The van der Waals surface area contributed by atoms with Gasteiger partial charge in [0.25, 0.3) is 0 Å². The minimum atomic E-state index is -0.599. The largest absolute Gasteiger partial charge is 0.496 e. The number of alkyl carbamates (subject to hydrolysis) is 1. The minimum Gasteiger partial charge on any atom is -0.496 e. The van der Waals surface area contributed by atoms with Crippen molar-refractivity contribution in [2.45, 2.75) is 64.5 Å². The number of ether oxygens (including phenoxy) is 2. The lowest BCUT2D eigenvalue weighted by molar-refractivity contribution is -0.127. The number of nitrogens with zero attached hydrogens (tertiary/aromatic N) is 1. The van der Waals surface area contributed by atoms with Crippen molar-refractivity contribution in [2.24, 2.45) is 11.8 Å². The van der Waals surface area contributed by atoms with Crippen molar-refractivity contribution in [3.63, 3.8) is 0 Å². The summed E-state index contributed by atoms with van der Waals surface area (Å²) in [6, 6.07) is 21.7. The van der Waals surface area contributed by atoms with Crippen molar-refractivity contribution >= 4 is 12.0 Å². The Balaban J connectivity index is 1.49. The van der Waals surface area contributed by atoms with Gasteiger partial charge in [0.2, 0.25) is 5.91 Å². The molecule has 7 nitrogen and oxygen atoms in total. The first-order valence-electron chi connectivity index (χ1n) is 14.8. The summed E-state index contributed by atoms with van der Waals surface area (Å²) in [5, 5.41) is 15.3. The van der Waals surface area contributed by atoms with Gasteiger partial charge in [-0.05, 0) is 99.7 Å². The first kappa shape index (κ1) is 31.6. The molecule has 0 spiro atoms. The number of carbonyl (C=O) groups is 2. The maximum absolute atomic E-state index is 14.5. The Kier molecular flexibility index (Phi) is 10.4. The van der Waals surface area contributed by atoms with Crippen molar-refractivity contribution in [3.05, 3.63) is 89.2 Å². The first-order chi connectivity index (χ1) is 20.6. The van der Waals surface area contributed by atoms with E-state index in [4.69, 9.17) is 14.7 Å². The van der Waals surface area contributed by atoms with Crippen LogP contribution in [-0.2, 0) is 16.0 Å². The lowest BCUT2D eigenvalue weighted by Crippen LogP contribution is -2.39. The molecule has 0 heterocycles. The Hall–Kier alpha value is -4.38. The normalized spacial score (nSPS) is 17.3. The highest BCUT2D eigenvalue weighted by Crippen LogP contribution is 2.35. The van der Waals surface area contributed by atoms with Crippen molar-refractivity contribution in [1.29, 1.82) is 5.26 Å². The zero-order valence-electron chi connectivity index (χ0n) is 25.3. The highest BCUT2D eigenvalue weighted by atomic mass is 19.1. The third-order valence-corrected chi connectivity index (χ3v) is 7.78. The zero-order valence-corrected chi connectivity index (χ0v) is 25.3. The van der Waals surface area contributed by atoms with E-state index in [2.05, 4.69) is 10.6 Å². The van der Waals surface area contributed by atoms with Crippen molar-refractivity contribution in [3.8, 4) is 22.9 Å². The molecule has 1 aliphatic carbocycles. The maximum Gasteiger partial charge on any atom is 0.407 e. The quantitative estimate of drug-likeness (QED) is 0.279. The average Bonchev–Trinajstić information content (AvgIpc) is 2.99. The van der Waals surface area contributed by atoms with Crippen molar-refractivity contribution in [1.82, 2.24) is 10.6 Å². The molecule has 1 atom stereocenters. The number of benzene rings is 3. The third kappa shape index (κ3) is 8.81. The highest BCUT2D eigenvalue weighted by molar-refractivity contribution is 5.79. The average molecular weight is 586 g/mol. The summed E-state index contributed by atoms with van der Waals surface area (Å²) < 4.78 is 25.5. The second-order valence-electron chi connectivity index (χ2n) is 12.1. The van der Waals surface area contributed by atoms with E-state index in [0.29, 0.717) is 35.8 Å². The summed E-state index contributed by atoms with van der Waals surface area (Å²) in [5.74, 6) is 0.144. The Morgan fingerprint density at radius 1 is 1.02 bits per heavy atom. The molecule has 43 heavy (non-hydrogen) atoms. The lowest BCUT2D eigenvalue weighted by atomic mass is 9.81. The molecule has 0 bridgehead atoms. The summed E-state index contributed by atoms with van der Waals surface area (Å²) in [5.41, 5.74) is 2.63. The zero-order chi connectivity index (χ0) is 31.0. The number of nitrogens with one attached hydrogen (secondary N) is 2. The Labute approximate surface area is 253 Å². The fourth-order valence-electron chi connectivity index (χ4n) is 5.50. The number of methoxy groups -OCH3 is 1. The second kappa shape index (κ2) is 14.2. The summed E-state index contributed by atoms with van der Waals surface area (Å²) in [4.78, 5) is 25.6. The number of rotatable bonds is 9. The van der Waals surface area contributed by atoms with E-state index in [-0.39, 0.29) is 23.4 Å². The van der Waals surface area contributed by atoms with Crippen LogP contribution >= 0.6 is 0 Å². The van der Waals surface area contributed by atoms with Crippen LogP contribution in [0.25, 0.3) is 11.1 Å². The molecule has 1 fully saturated rings. The van der Waals surface area contributed by atoms with Gasteiger partial charge in [-0.2, -0.15) is 5.26 Å². The summed E-state index contributed by atoms with van der Waals surface area (Å²) >= 11 is 0. The molecule has 1 saturated carbocycles. The van der Waals surface area contributed by atoms with Gasteiger partial charge in [-0.15, -0.1) is 0 Å². The van der Waals surface area contributed by atoms with Crippen LogP contribution in [0.2, 0.25) is 0 Å². The molecule has 3 aromatic rings. The monoisotopic (exact) mass is 585 g/mol. The summed E-state index contributed by atoms with van der Waals surface area (Å²) in [6.45, 7) is 6.04. The van der Waals surface area contributed by atoms with Gasteiger partial charge < -0.3 is 20.1 Å². The van der Waals surface area contributed by atoms with Crippen molar-refractivity contribution in [2.75, 3.05) is 13.7 Å². The highest BCUT2D eigenvalue weighted by Gasteiger charge is 2.29. The van der Waals surface area contributed by atoms with E-state index in [1.54, 1.807) is 13.2 Å². The predicted molar refractivity (Wildman–Crippen MR) is 164 cm³/mol. The molecular formula is C35H40FN3O4. The number of hydrogen-bond acceptors (Lipinski definition) is 5. The van der Waals surface area contributed by atoms with Gasteiger partial charge >= 0.3 is 6.09 Å². The van der Waals surface area contributed by atoms with Gasteiger partial charge in [0.05, 0.1) is 18.7 Å². The second-order valence-corrected chi connectivity index (χ2v) is 12.1. The van der Waals surface area contributed by atoms with Crippen LogP contribution in [0.5, 0.6) is 5.75 Å². The molecule has 1 unspecified atom stereocenters. The fraction of sp³-hybridized carbons (Fsp3) is 0.400. The van der Waals surface area contributed by atoms with E-state index >= 15 is 0 Å². The molecule has 2 N–H and O–H groups in total. The van der Waals surface area contributed by atoms with Gasteiger partial charge in [-0.1, -0.05) is 42.5 Å². The van der Waals surface area contributed by atoms with Crippen LogP contribution in [-0.4, -0.2) is 31.3 Å². The Bertz CT molecular complexity index is 1450. The van der Waals surface area contributed by atoms with E-state index in [1.165, 1.54) is 12.1 Å². The summed E-state index contributed by atoms with van der Waals surface area (Å²) in [7, 11) is 1.56. The van der Waals surface area contributed by atoms with Gasteiger partial charge in [0.1, 0.15) is 23.2 Å². The van der Waals surface area contributed by atoms with E-state index in [0.717, 1.165) is 36.8 Å². The van der Waals surface area contributed by atoms with E-state index in [9.17, 15) is 14.0 Å². The van der Waals surface area contributed by atoms with E-state index < -0.39 is 17.5 Å². The number of nitriles is 1. The maximum atomic E-state index is 14.5. The van der Waals surface area contributed by atoms with Crippen LogP contribution in [0.1, 0.15) is 69.2 Å². The summed E-state index contributed by atoms with van der Waals surface area (Å²) in [6.07, 6.45) is 3.32. The molecule has 0 aliphatic heterocycles. The molecule has 3 aromatic carbocycles. The standard InChI is InChI=1S/C35H40FN3O4/c1-35(2,3)43-34(41)38-22-24-10-12-25(13-11-24)33(40)39-31(18-23-8-6-5-7-9-23)27-16-17-32(42-4)29(19-27)26-14-15-28(21-37)30(36)20-26/h5-9,14-17,19-20,24-25,31H,10-13,18,22H2,1-4H3,(H,38,41)(H,39,40). The number of hydrogen-bond donors (Lipinski definition) is 2. The molecule has 0 aromatic heterocycles. The topological polar surface area (TPSA) is 100 Å². The van der Waals surface area contributed by atoms with Crippen LogP contribution < -0.4 is 15.4 Å². The SMILES string of the molecule is COc1ccc(C(Cc2ccccc2)NC(=O)C2CCC(CNC(=O)OC(C)(C)C)CC2)cc1-c1ccc(C#N)c(F)c1. The van der Waals surface area contributed by atoms with Crippen LogP contribution in [0.3, 0.4) is 0 Å². The third-order valence-electron chi connectivity index (χ3n) is 7.78. The minimum absolute atomic E-state index is 0.00117.